The molecule has 3 aliphatic carbocycles. The Hall–Kier alpha value is -3.58. The van der Waals surface area contributed by atoms with E-state index < -0.39 is 48.3 Å². The van der Waals surface area contributed by atoms with E-state index in [1.807, 2.05) is 0 Å². The molecule has 14 heteroatoms. The number of carbonyl (C=O) groups excluding carboxylic acids is 2. The smallest absolute Gasteiger partial charge is 0.364 e. The van der Waals surface area contributed by atoms with Crippen LogP contribution in [-0.4, -0.2) is 43.4 Å². The second-order valence-electron chi connectivity index (χ2n) is 12.3. The summed E-state index contributed by atoms with van der Waals surface area (Å²) in [5, 5.41) is 9.72. The van der Waals surface area contributed by atoms with Crippen LogP contribution < -0.4 is 10.6 Å². The lowest BCUT2D eigenvalue weighted by Crippen LogP contribution is -2.37. The normalized spacial score (nSPS) is 21.3. The number of carbonyl (C=O) groups is 2. The van der Waals surface area contributed by atoms with Gasteiger partial charge in [-0.1, -0.05) is 12.1 Å². The Balaban J connectivity index is 1.25. The highest BCUT2D eigenvalue weighted by Crippen LogP contribution is 2.44. The third-order valence-electron chi connectivity index (χ3n) is 8.79. The topological polar surface area (TPSA) is 114 Å². The largest absolute Gasteiger partial charge is 0.392 e. The van der Waals surface area contributed by atoms with Crippen molar-refractivity contribution in [2.24, 2.45) is 17.8 Å². The summed E-state index contributed by atoms with van der Waals surface area (Å²) in [6.45, 7) is 0.973. The average Bonchev–Trinajstić information content (AvgIpc) is 3.88. The fraction of sp³-hybridized carbons (Fsp3) is 0.621. The molecule has 9 nitrogen and oxygen atoms in total. The molecule has 3 saturated carbocycles. The molecule has 3 aromatic rings. The number of nitrogens with one attached hydrogen (secondary N) is 2. The van der Waals surface area contributed by atoms with Gasteiger partial charge in [-0.15, -0.1) is 0 Å². The van der Waals surface area contributed by atoms with Gasteiger partial charge in [-0.25, -0.2) is 18.7 Å². The maximum atomic E-state index is 14.0. The number of hydrogen-bond acceptors (Lipinski definition) is 6. The quantitative estimate of drug-likeness (QED) is 0.271. The summed E-state index contributed by atoms with van der Waals surface area (Å²) in [5.41, 5.74) is 1.83. The van der Waals surface area contributed by atoms with Crippen LogP contribution in [0.1, 0.15) is 110 Å². The molecule has 2 N–H and O–H groups in total. The van der Waals surface area contributed by atoms with Gasteiger partial charge in [-0.2, -0.15) is 13.2 Å². The summed E-state index contributed by atoms with van der Waals surface area (Å²) in [7, 11) is 0. The minimum atomic E-state index is -4.47. The molecule has 3 fully saturated rings. The third-order valence-corrected chi connectivity index (χ3v) is 8.79. The van der Waals surface area contributed by atoms with Crippen LogP contribution >= 0.6 is 0 Å². The second kappa shape index (κ2) is 11.2. The van der Waals surface area contributed by atoms with Gasteiger partial charge < -0.3 is 15.2 Å². The highest BCUT2D eigenvalue weighted by atomic mass is 19.4. The van der Waals surface area contributed by atoms with E-state index in [4.69, 9.17) is 4.52 Å². The van der Waals surface area contributed by atoms with Crippen LogP contribution in [0, 0.1) is 17.8 Å². The van der Waals surface area contributed by atoms with E-state index in [-0.39, 0.29) is 49.2 Å². The molecule has 3 unspecified atom stereocenters. The lowest BCUT2D eigenvalue weighted by Gasteiger charge is -2.33. The molecule has 0 aliphatic heterocycles. The number of alkyl halides is 5. The Morgan fingerprint density at radius 2 is 1.67 bits per heavy atom. The third kappa shape index (κ3) is 6.67. The summed E-state index contributed by atoms with van der Waals surface area (Å²) >= 11 is 0. The van der Waals surface area contributed by atoms with Crippen molar-refractivity contribution in [3.05, 3.63) is 47.4 Å². The summed E-state index contributed by atoms with van der Waals surface area (Å²) in [5.74, 6) is -5.47. The summed E-state index contributed by atoms with van der Waals surface area (Å²) < 4.78 is 73.8. The monoisotopic (exact) mass is 608 g/mol. The molecule has 0 radical (unpaired) electrons. The molecule has 0 spiro atoms. The van der Waals surface area contributed by atoms with Crippen LogP contribution in [0.15, 0.2) is 29.2 Å². The van der Waals surface area contributed by atoms with E-state index in [0.717, 1.165) is 32.6 Å². The number of hydrogen-bond donors (Lipinski definition) is 2. The number of rotatable bonds is 10. The van der Waals surface area contributed by atoms with Crippen molar-refractivity contribution >= 4 is 17.6 Å². The average molecular weight is 609 g/mol. The Kier molecular flexibility index (Phi) is 7.66. The second-order valence-corrected chi connectivity index (χ2v) is 12.3. The summed E-state index contributed by atoms with van der Waals surface area (Å²) in [6.07, 6.45) is 2.75. The zero-order valence-corrected chi connectivity index (χ0v) is 23.5. The maximum Gasteiger partial charge on any atom is 0.392 e. The molecule has 232 valence electrons. The van der Waals surface area contributed by atoms with Crippen LogP contribution in [-0.2, 0) is 4.79 Å². The number of aromatic nitrogens is 4. The van der Waals surface area contributed by atoms with Crippen molar-refractivity contribution in [2.45, 2.75) is 94.8 Å². The van der Waals surface area contributed by atoms with Crippen LogP contribution in [0.5, 0.6) is 0 Å². The van der Waals surface area contributed by atoms with E-state index in [1.54, 1.807) is 22.9 Å². The van der Waals surface area contributed by atoms with E-state index in [1.165, 1.54) is 6.26 Å². The van der Waals surface area contributed by atoms with E-state index in [0.29, 0.717) is 22.6 Å². The van der Waals surface area contributed by atoms with Gasteiger partial charge in [0.1, 0.15) is 11.8 Å². The van der Waals surface area contributed by atoms with Crippen LogP contribution in [0.3, 0.4) is 0 Å². The van der Waals surface area contributed by atoms with Crippen LogP contribution in [0.4, 0.5) is 22.0 Å². The number of fused-ring (bicyclic) bond motifs is 1. The van der Waals surface area contributed by atoms with E-state index in [2.05, 4.69) is 25.8 Å². The number of amides is 2. The Labute approximate surface area is 244 Å². The Bertz CT molecular complexity index is 1490. The minimum absolute atomic E-state index is 0.0506. The molecule has 3 atom stereocenters. The molecule has 2 amide bonds. The van der Waals surface area contributed by atoms with Crippen molar-refractivity contribution in [3.63, 3.8) is 0 Å². The molecule has 3 aliphatic rings. The Morgan fingerprint density at radius 3 is 2.33 bits per heavy atom. The van der Waals surface area contributed by atoms with Crippen LogP contribution in [0.25, 0.3) is 5.78 Å². The van der Waals surface area contributed by atoms with Crippen LogP contribution in [0.2, 0.25) is 0 Å². The minimum Gasteiger partial charge on any atom is -0.364 e. The van der Waals surface area contributed by atoms with Gasteiger partial charge in [0.2, 0.25) is 17.6 Å². The van der Waals surface area contributed by atoms with Gasteiger partial charge in [0.25, 0.3) is 5.91 Å². The number of imidazole rings is 1. The molecule has 0 bridgehead atoms. The standard InChI is InChI=1S/C29H33F5N6O3/c1-15(29(32,33)34)12-22(41)37-24(17-4-5-17)20-8-11-40-13-21(36-27(40)35-20)25(18-6-9-28(30,31)10-7-18)38-26(42)19-14-43-39-23(19)16-2-3-16/h8,11,13-18,24-25H,2-7,9-10,12H2,1H3,(H,37,41)(H,38,42). The highest BCUT2D eigenvalue weighted by Gasteiger charge is 2.41. The molecule has 0 aromatic carbocycles. The number of nitrogens with zero attached hydrogens (tertiary/aromatic N) is 4. The fourth-order valence-electron chi connectivity index (χ4n) is 5.83. The SMILES string of the molecule is CC(CC(=O)NC(c1ccn2cc(C(NC(=O)c3conc3C3CC3)C3CCC(F)(F)CC3)nc2n1)C1CC1)C(F)(F)F. The lowest BCUT2D eigenvalue weighted by atomic mass is 9.81. The van der Waals surface area contributed by atoms with Crippen molar-refractivity contribution < 1.29 is 36.1 Å². The van der Waals surface area contributed by atoms with Crippen molar-refractivity contribution in [1.82, 2.24) is 30.2 Å². The zero-order valence-electron chi connectivity index (χ0n) is 23.5. The summed E-state index contributed by atoms with van der Waals surface area (Å²) in [4.78, 5) is 35.2. The van der Waals surface area contributed by atoms with E-state index in [9.17, 15) is 31.5 Å². The predicted octanol–water partition coefficient (Wildman–Crippen LogP) is 6.05. The van der Waals surface area contributed by atoms with E-state index >= 15 is 0 Å². The van der Waals surface area contributed by atoms with Gasteiger partial charge in [-0.3, -0.25) is 14.0 Å². The first-order valence-electron chi connectivity index (χ1n) is 14.7. The first-order chi connectivity index (χ1) is 20.4. The van der Waals surface area contributed by atoms with Crippen molar-refractivity contribution in [1.29, 1.82) is 0 Å². The van der Waals surface area contributed by atoms with Gasteiger partial charge in [0.15, 0.2) is 0 Å². The van der Waals surface area contributed by atoms with Gasteiger partial charge in [0.05, 0.1) is 35.1 Å². The zero-order chi connectivity index (χ0) is 30.5. The predicted molar refractivity (Wildman–Crippen MR) is 142 cm³/mol. The highest BCUT2D eigenvalue weighted by molar-refractivity contribution is 5.95. The Morgan fingerprint density at radius 1 is 1.02 bits per heavy atom. The molecular formula is C29H33F5N6O3. The lowest BCUT2D eigenvalue weighted by molar-refractivity contribution is -0.174. The molecule has 0 saturated heterocycles. The molecule has 6 rings (SSSR count). The first kappa shape index (κ1) is 29.5. The molecule has 3 aromatic heterocycles. The molecule has 3 heterocycles. The van der Waals surface area contributed by atoms with Crippen molar-refractivity contribution in [2.75, 3.05) is 0 Å². The van der Waals surface area contributed by atoms with Gasteiger partial charge in [0, 0.05) is 37.6 Å². The summed E-state index contributed by atoms with van der Waals surface area (Å²) in [6, 6.07) is 0.435. The fourth-order valence-corrected chi connectivity index (χ4v) is 5.83. The molecular weight excluding hydrogens is 575 g/mol. The van der Waals surface area contributed by atoms with Crippen molar-refractivity contribution in [3.8, 4) is 0 Å². The number of halogens is 5. The van der Waals surface area contributed by atoms with Gasteiger partial charge in [-0.05, 0) is 56.4 Å². The van der Waals surface area contributed by atoms with Gasteiger partial charge >= 0.3 is 6.18 Å². The molecule has 43 heavy (non-hydrogen) atoms. The first-order valence-corrected chi connectivity index (χ1v) is 14.7. The maximum absolute atomic E-state index is 14.0.